The van der Waals surface area contributed by atoms with Crippen molar-refractivity contribution >= 4 is 0 Å². The molecule has 0 aromatic carbocycles. The average molecular weight is 259 g/mol. The van der Waals surface area contributed by atoms with Crippen LogP contribution in [0.15, 0.2) is 11.3 Å². The molecule has 1 aliphatic carbocycles. The van der Waals surface area contributed by atoms with Crippen molar-refractivity contribution in [2.24, 2.45) is 23.0 Å². The van der Waals surface area contributed by atoms with Crippen molar-refractivity contribution in [3.05, 3.63) is 21.4 Å². The third-order valence-electron chi connectivity index (χ3n) is 3.79. The van der Waals surface area contributed by atoms with Gasteiger partial charge in [0.2, 0.25) is 0 Å². The third kappa shape index (κ3) is 1.47. The van der Waals surface area contributed by atoms with Gasteiger partial charge in [-0.05, 0) is 5.92 Å². The molecule has 0 aliphatic heterocycles. The second-order valence-corrected chi connectivity index (χ2v) is 5.06. The molecule has 0 aromatic rings. The summed E-state index contributed by atoms with van der Waals surface area (Å²) in [5.74, 6) is -1.33. The highest BCUT2D eigenvalue weighted by Gasteiger charge is 2.68. The molecule has 0 radical (unpaired) electrons. The zero-order valence-corrected chi connectivity index (χ0v) is 10.8. The molecule has 0 unspecified atom stereocenters. The summed E-state index contributed by atoms with van der Waals surface area (Å²) in [6.07, 6.45) is 0. The molecule has 1 rings (SSSR count). The zero-order valence-electron chi connectivity index (χ0n) is 10.8. The van der Waals surface area contributed by atoms with Crippen molar-refractivity contribution in [3.63, 3.8) is 0 Å². The van der Waals surface area contributed by atoms with Crippen molar-refractivity contribution < 1.29 is 4.92 Å². The fourth-order valence-electron chi connectivity index (χ4n) is 3.00. The number of hydrogen-bond donors (Lipinski definition) is 1. The van der Waals surface area contributed by atoms with Crippen LogP contribution in [0.25, 0.3) is 0 Å². The molecule has 0 fully saturated rings. The molecule has 0 spiro atoms. The second-order valence-electron chi connectivity index (χ2n) is 5.06. The van der Waals surface area contributed by atoms with Crippen LogP contribution in [0.2, 0.25) is 0 Å². The molecule has 98 valence electrons. The maximum Gasteiger partial charge on any atom is 0.265 e. The highest BCUT2D eigenvalue weighted by atomic mass is 16.6. The van der Waals surface area contributed by atoms with Crippen molar-refractivity contribution in [1.82, 2.24) is 0 Å². The largest absolute Gasteiger partial charge is 0.395 e. The minimum Gasteiger partial charge on any atom is -0.395 e. The number of nitrogens with zero attached hydrogens (tertiary/aromatic N) is 4. The van der Waals surface area contributed by atoms with Gasteiger partial charge in [-0.25, -0.2) is 0 Å². The Hall–Kier alpha value is -2.59. The molecule has 2 N–H and O–H groups in total. The molecule has 0 amide bonds. The number of nitro groups is 1. The number of hydrogen-bond acceptors (Lipinski definition) is 6. The zero-order chi connectivity index (χ0) is 15.0. The van der Waals surface area contributed by atoms with Gasteiger partial charge in [-0.15, -0.1) is 0 Å². The molecular weight excluding hydrogens is 246 g/mol. The average Bonchev–Trinajstić information content (AvgIpc) is 2.56. The number of nitrogens with two attached hydrogens (primary N) is 1. The topological polar surface area (TPSA) is 141 Å². The minimum atomic E-state index is -1.87. The van der Waals surface area contributed by atoms with E-state index in [-0.39, 0.29) is 17.2 Å². The summed E-state index contributed by atoms with van der Waals surface area (Å²) in [6.45, 7) is 4.60. The van der Waals surface area contributed by atoms with E-state index in [4.69, 9.17) is 11.0 Å². The van der Waals surface area contributed by atoms with Crippen molar-refractivity contribution in [3.8, 4) is 18.2 Å². The molecule has 19 heavy (non-hydrogen) atoms. The van der Waals surface area contributed by atoms with E-state index in [1.165, 1.54) is 6.92 Å². The number of rotatable bonds is 2. The summed E-state index contributed by atoms with van der Waals surface area (Å²) in [5, 5.41) is 39.2. The Balaban J connectivity index is 3.80. The number of allylic oxidation sites excluding steroid dienone is 1. The van der Waals surface area contributed by atoms with Crippen molar-refractivity contribution in [1.29, 1.82) is 15.8 Å². The highest BCUT2D eigenvalue weighted by molar-refractivity contribution is 5.54. The van der Waals surface area contributed by atoms with E-state index < -0.39 is 21.8 Å². The summed E-state index contributed by atoms with van der Waals surface area (Å²) < 4.78 is 0. The van der Waals surface area contributed by atoms with E-state index >= 15 is 0 Å². The molecule has 0 bridgehead atoms. The van der Waals surface area contributed by atoms with Gasteiger partial charge in [0.15, 0.2) is 5.41 Å². The van der Waals surface area contributed by atoms with Gasteiger partial charge in [0.25, 0.3) is 5.54 Å². The molecule has 0 heterocycles. The Morgan fingerprint density at radius 1 is 1.37 bits per heavy atom. The fourth-order valence-corrected chi connectivity index (χ4v) is 3.00. The summed E-state index contributed by atoms with van der Waals surface area (Å²) in [4.78, 5) is 10.8. The summed E-state index contributed by atoms with van der Waals surface area (Å²) in [7, 11) is 0. The van der Waals surface area contributed by atoms with Crippen LogP contribution in [0.3, 0.4) is 0 Å². The Labute approximate surface area is 110 Å². The molecule has 0 saturated heterocycles. The molecular formula is C12H13N5O2. The van der Waals surface area contributed by atoms with Gasteiger partial charge in [-0.2, -0.15) is 15.8 Å². The van der Waals surface area contributed by atoms with Crippen molar-refractivity contribution in [2.75, 3.05) is 0 Å². The summed E-state index contributed by atoms with van der Waals surface area (Å²) >= 11 is 0. The predicted octanol–water partition coefficient (Wildman–Crippen LogP) is 1.08. The van der Waals surface area contributed by atoms with E-state index in [1.807, 2.05) is 0 Å². The Kier molecular flexibility index (Phi) is 3.24. The second kappa shape index (κ2) is 4.26. The van der Waals surface area contributed by atoms with Gasteiger partial charge in [0.05, 0.1) is 29.7 Å². The van der Waals surface area contributed by atoms with Crippen molar-refractivity contribution in [2.45, 2.75) is 26.3 Å². The van der Waals surface area contributed by atoms with Crippen LogP contribution in [0.1, 0.15) is 20.8 Å². The van der Waals surface area contributed by atoms with E-state index in [0.717, 1.165) is 0 Å². The molecule has 1 aliphatic rings. The first-order valence-corrected chi connectivity index (χ1v) is 5.61. The van der Waals surface area contributed by atoms with E-state index in [1.54, 1.807) is 32.1 Å². The first-order chi connectivity index (χ1) is 8.73. The van der Waals surface area contributed by atoms with Gasteiger partial charge in [0, 0.05) is 11.8 Å². The highest BCUT2D eigenvalue weighted by Crippen LogP contribution is 2.54. The smallest absolute Gasteiger partial charge is 0.265 e. The standard InChI is InChI=1S/C12H13N5O2/c1-7(2)9-11(3,17(18)19)10(16)8(4-13)12(9,5-14)6-15/h7,9H,16H2,1-3H3/t9-,11+/m1/s1. The maximum absolute atomic E-state index is 11.4. The molecule has 0 aromatic heterocycles. The Morgan fingerprint density at radius 2 is 1.84 bits per heavy atom. The third-order valence-corrected chi connectivity index (χ3v) is 3.79. The maximum atomic E-state index is 11.4. The molecule has 0 saturated carbocycles. The van der Waals surface area contributed by atoms with Gasteiger partial charge < -0.3 is 5.73 Å². The monoisotopic (exact) mass is 259 g/mol. The van der Waals surface area contributed by atoms with E-state index in [9.17, 15) is 20.6 Å². The number of nitriles is 3. The van der Waals surface area contributed by atoms with Crippen LogP contribution >= 0.6 is 0 Å². The van der Waals surface area contributed by atoms with E-state index in [0.29, 0.717) is 0 Å². The lowest BCUT2D eigenvalue weighted by Gasteiger charge is -2.32. The molecule has 2 atom stereocenters. The van der Waals surface area contributed by atoms with Gasteiger partial charge >= 0.3 is 0 Å². The van der Waals surface area contributed by atoms with Crippen LogP contribution < -0.4 is 5.73 Å². The quantitative estimate of drug-likeness (QED) is 0.580. The summed E-state index contributed by atoms with van der Waals surface area (Å²) in [6, 6.07) is 5.25. The minimum absolute atomic E-state index is 0.290. The lowest BCUT2D eigenvalue weighted by Crippen LogP contribution is -2.50. The lowest BCUT2D eigenvalue weighted by molar-refractivity contribution is -0.566. The van der Waals surface area contributed by atoms with E-state index in [2.05, 4.69) is 0 Å². The van der Waals surface area contributed by atoms with Gasteiger partial charge in [-0.1, -0.05) is 13.8 Å². The van der Waals surface area contributed by atoms with Crippen LogP contribution in [0, 0.1) is 61.4 Å². The predicted molar refractivity (Wildman–Crippen MR) is 64.2 cm³/mol. The van der Waals surface area contributed by atoms with Crippen LogP contribution in [0.4, 0.5) is 0 Å². The molecule has 7 heteroatoms. The molecule has 7 nitrogen and oxygen atoms in total. The van der Waals surface area contributed by atoms with Crippen LogP contribution in [-0.4, -0.2) is 10.5 Å². The normalized spacial score (nSPS) is 28.6. The first-order valence-electron chi connectivity index (χ1n) is 5.61. The Morgan fingerprint density at radius 3 is 2.11 bits per heavy atom. The van der Waals surface area contributed by atoms with Crippen LogP contribution in [0.5, 0.6) is 0 Å². The SMILES string of the molecule is CC(C)[C@H]1C(C#N)(C#N)C(C#N)=C(N)[C@@]1(C)[N+](=O)[O-]. The fraction of sp³-hybridized carbons (Fsp3) is 0.583. The first kappa shape index (κ1) is 14.5. The van der Waals surface area contributed by atoms with Gasteiger partial charge in [-0.3, -0.25) is 10.1 Å². The van der Waals surface area contributed by atoms with Crippen LogP contribution in [-0.2, 0) is 0 Å². The summed E-state index contributed by atoms with van der Waals surface area (Å²) in [5.41, 5.74) is 1.50. The lowest BCUT2D eigenvalue weighted by atomic mass is 9.66. The Bertz CT molecular complexity index is 573. The van der Waals surface area contributed by atoms with Gasteiger partial charge in [0.1, 0.15) is 5.70 Å².